The summed E-state index contributed by atoms with van der Waals surface area (Å²) in [5, 5.41) is 11.8. The summed E-state index contributed by atoms with van der Waals surface area (Å²) < 4.78 is 15.3. The van der Waals surface area contributed by atoms with Gasteiger partial charge in [0.2, 0.25) is 0 Å². The molecule has 2 heterocycles. The lowest BCUT2D eigenvalue weighted by atomic mass is 10.1. The van der Waals surface area contributed by atoms with E-state index in [0.29, 0.717) is 32.1 Å². The summed E-state index contributed by atoms with van der Waals surface area (Å²) in [6, 6.07) is 1.57. The monoisotopic (exact) mass is 396 g/mol. The van der Waals surface area contributed by atoms with Gasteiger partial charge < -0.3 is 24.2 Å². The summed E-state index contributed by atoms with van der Waals surface area (Å²) in [6.45, 7) is 7.63. The van der Waals surface area contributed by atoms with E-state index in [-0.39, 0.29) is 11.1 Å². The molecule has 1 aliphatic rings. The Kier molecular flexibility index (Phi) is 7.17. The lowest BCUT2D eigenvalue weighted by Gasteiger charge is -2.30. The van der Waals surface area contributed by atoms with Crippen molar-refractivity contribution in [2.24, 2.45) is 0 Å². The molecule has 0 radical (unpaired) electrons. The normalized spacial score (nSPS) is 15.9. The first-order valence-electron chi connectivity index (χ1n) is 8.94. The quantitative estimate of drug-likeness (QED) is 0.428. The fraction of sp³-hybridized carbons (Fsp3) is 0.611. The molecule has 1 unspecified atom stereocenters. The number of aliphatic hydroxyl groups is 1. The number of aliphatic hydroxyl groups excluding tert-OH is 1. The number of methoxy groups -OCH3 is 1. The van der Waals surface area contributed by atoms with E-state index in [1.807, 2.05) is 4.90 Å². The minimum Gasteiger partial charge on any atom is -0.465 e. The first-order chi connectivity index (χ1) is 13.1. The van der Waals surface area contributed by atoms with E-state index in [0.717, 1.165) is 5.01 Å². The SMILES string of the molecule is COC(=O)c1cc(N2CCOCC2)ncc1C(O)N(C)NC(=O)OC(C)(C)C. The van der Waals surface area contributed by atoms with Crippen LogP contribution in [-0.4, -0.2) is 73.2 Å². The number of nitrogens with zero attached hydrogens (tertiary/aromatic N) is 3. The van der Waals surface area contributed by atoms with Gasteiger partial charge in [0.15, 0.2) is 6.23 Å². The molecule has 10 nitrogen and oxygen atoms in total. The number of ether oxygens (including phenoxy) is 3. The van der Waals surface area contributed by atoms with Gasteiger partial charge in [-0.15, -0.1) is 0 Å². The molecule has 1 atom stereocenters. The Morgan fingerprint density at radius 1 is 1.36 bits per heavy atom. The van der Waals surface area contributed by atoms with Crippen LogP contribution in [0.25, 0.3) is 0 Å². The molecule has 0 aliphatic carbocycles. The number of morpholine rings is 1. The number of nitrogens with one attached hydrogen (secondary N) is 1. The predicted octanol–water partition coefficient (Wildman–Crippen LogP) is 1.07. The number of amides is 1. The molecule has 28 heavy (non-hydrogen) atoms. The van der Waals surface area contributed by atoms with E-state index in [1.54, 1.807) is 26.8 Å². The Bertz CT molecular complexity index is 700. The lowest BCUT2D eigenvalue weighted by molar-refractivity contribution is -0.0286. The minimum absolute atomic E-state index is 0.157. The van der Waals surface area contributed by atoms with Gasteiger partial charge in [-0.3, -0.25) is 5.43 Å². The molecule has 2 N–H and O–H groups in total. The summed E-state index contributed by atoms with van der Waals surface area (Å²) >= 11 is 0. The third-order valence-corrected chi connectivity index (χ3v) is 3.97. The molecule has 156 valence electrons. The number of hydrazine groups is 1. The van der Waals surface area contributed by atoms with Gasteiger partial charge in [0.25, 0.3) is 0 Å². The smallest absolute Gasteiger partial charge is 0.422 e. The van der Waals surface area contributed by atoms with Crippen LogP contribution in [0.2, 0.25) is 0 Å². The molecule has 1 amide bonds. The third-order valence-electron chi connectivity index (χ3n) is 3.97. The second kappa shape index (κ2) is 9.18. The van der Waals surface area contributed by atoms with Crippen LogP contribution in [0.3, 0.4) is 0 Å². The van der Waals surface area contributed by atoms with E-state index >= 15 is 0 Å². The van der Waals surface area contributed by atoms with Gasteiger partial charge >= 0.3 is 12.1 Å². The van der Waals surface area contributed by atoms with Gasteiger partial charge in [0, 0.05) is 31.9 Å². The Labute approximate surface area is 164 Å². The van der Waals surface area contributed by atoms with Crippen LogP contribution in [0.15, 0.2) is 12.3 Å². The Morgan fingerprint density at radius 3 is 2.57 bits per heavy atom. The lowest BCUT2D eigenvalue weighted by Crippen LogP contribution is -2.44. The fourth-order valence-corrected chi connectivity index (χ4v) is 2.63. The number of rotatable bonds is 5. The largest absolute Gasteiger partial charge is 0.465 e. The van der Waals surface area contributed by atoms with E-state index < -0.39 is 23.9 Å². The molecule has 10 heteroatoms. The van der Waals surface area contributed by atoms with E-state index in [1.165, 1.54) is 20.4 Å². The molecule has 2 rings (SSSR count). The summed E-state index contributed by atoms with van der Waals surface area (Å²) in [5.41, 5.74) is 2.08. The average Bonchev–Trinajstić information content (AvgIpc) is 2.65. The number of anilines is 1. The first kappa shape index (κ1) is 21.9. The maximum atomic E-state index is 12.3. The van der Waals surface area contributed by atoms with E-state index in [9.17, 15) is 14.7 Å². The highest BCUT2D eigenvalue weighted by Gasteiger charge is 2.26. The van der Waals surface area contributed by atoms with Gasteiger partial charge in [-0.1, -0.05) is 0 Å². The van der Waals surface area contributed by atoms with Crippen molar-refractivity contribution in [3.63, 3.8) is 0 Å². The van der Waals surface area contributed by atoms with Crippen LogP contribution in [0.4, 0.5) is 10.6 Å². The van der Waals surface area contributed by atoms with Crippen molar-refractivity contribution >= 4 is 17.9 Å². The van der Waals surface area contributed by atoms with Crippen LogP contribution in [0.5, 0.6) is 0 Å². The summed E-state index contributed by atoms with van der Waals surface area (Å²) in [6.07, 6.45) is -0.672. The number of pyridine rings is 1. The standard InChI is InChI=1S/C18H28N4O6/c1-18(2,3)28-17(25)20-21(4)15(23)13-11-19-14(10-12(13)16(24)26-5)22-6-8-27-9-7-22/h10-11,15,23H,6-9H2,1-5H3,(H,20,25). The van der Waals surface area contributed by atoms with Crippen LogP contribution in [0.1, 0.15) is 42.9 Å². The number of hydrogen-bond acceptors (Lipinski definition) is 9. The third kappa shape index (κ3) is 5.78. The molecule has 0 spiro atoms. The van der Waals surface area contributed by atoms with Crippen LogP contribution in [0, 0.1) is 0 Å². The van der Waals surface area contributed by atoms with Gasteiger partial charge in [-0.2, -0.15) is 5.01 Å². The second-order valence-corrected chi connectivity index (χ2v) is 7.32. The summed E-state index contributed by atoms with van der Waals surface area (Å²) in [4.78, 5) is 30.5. The van der Waals surface area contributed by atoms with Crippen molar-refractivity contribution in [2.75, 3.05) is 45.4 Å². The Balaban J connectivity index is 2.22. The highest BCUT2D eigenvalue weighted by molar-refractivity contribution is 5.92. The molecule has 0 aromatic carbocycles. The molecule has 1 aliphatic heterocycles. The molecule has 0 bridgehead atoms. The van der Waals surface area contributed by atoms with Gasteiger partial charge in [0.05, 0.1) is 25.9 Å². The summed E-state index contributed by atoms with van der Waals surface area (Å²) in [7, 11) is 2.71. The van der Waals surface area contributed by atoms with E-state index in [4.69, 9.17) is 14.2 Å². The zero-order chi connectivity index (χ0) is 20.9. The highest BCUT2D eigenvalue weighted by atomic mass is 16.6. The van der Waals surface area contributed by atoms with Crippen molar-refractivity contribution in [1.29, 1.82) is 0 Å². The van der Waals surface area contributed by atoms with Gasteiger partial charge in [-0.05, 0) is 26.8 Å². The van der Waals surface area contributed by atoms with Crippen molar-refractivity contribution in [2.45, 2.75) is 32.6 Å². The van der Waals surface area contributed by atoms with Crippen LogP contribution in [-0.2, 0) is 14.2 Å². The minimum atomic E-state index is -1.34. The number of aromatic nitrogens is 1. The molecule has 0 saturated carbocycles. The molecular weight excluding hydrogens is 368 g/mol. The maximum absolute atomic E-state index is 12.3. The zero-order valence-electron chi connectivity index (χ0n) is 16.9. The van der Waals surface area contributed by atoms with E-state index in [2.05, 4.69) is 10.4 Å². The van der Waals surface area contributed by atoms with Gasteiger partial charge in [0.1, 0.15) is 11.4 Å². The number of esters is 1. The number of hydrogen-bond donors (Lipinski definition) is 2. The topological polar surface area (TPSA) is 113 Å². The van der Waals surface area contributed by atoms with Crippen LogP contribution < -0.4 is 10.3 Å². The fourth-order valence-electron chi connectivity index (χ4n) is 2.63. The Morgan fingerprint density at radius 2 is 2.00 bits per heavy atom. The molecule has 1 aromatic heterocycles. The molecule has 1 fully saturated rings. The number of carbonyl (C=O) groups excluding carboxylic acids is 2. The highest BCUT2D eigenvalue weighted by Crippen LogP contribution is 2.24. The molecule has 1 saturated heterocycles. The van der Waals surface area contributed by atoms with Crippen molar-refractivity contribution in [1.82, 2.24) is 15.4 Å². The Hall–Kier alpha value is -2.43. The average molecular weight is 396 g/mol. The number of carbonyl (C=O) groups is 2. The molecule has 1 aromatic rings. The predicted molar refractivity (Wildman–Crippen MR) is 101 cm³/mol. The van der Waals surface area contributed by atoms with Gasteiger partial charge in [-0.25, -0.2) is 14.6 Å². The first-order valence-corrected chi connectivity index (χ1v) is 8.94. The zero-order valence-corrected chi connectivity index (χ0v) is 16.9. The second-order valence-electron chi connectivity index (χ2n) is 7.32. The van der Waals surface area contributed by atoms with Crippen molar-refractivity contribution in [3.8, 4) is 0 Å². The van der Waals surface area contributed by atoms with Crippen molar-refractivity contribution < 1.29 is 28.9 Å². The molecular formula is C18H28N4O6. The van der Waals surface area contributed by atoms with Crippen molar-refractivity contribution in [3.05, 3.63) is 23.4 Å². The summed E-state index contributed by atoms with van der Waals surface area (Å²) in [5.74, 6) is -0.0287. The maximum Gasteiger partial charge on any atom is 0.422 e. The van der Waals surface area contributed by atoms with Crippen LogP contribution >= 0.6 is 0 Å².